The highest BCUT2D eigenvalue weighted by Crippen LogP contribution is 2.18. The highest BCUT2D eigenvalue weighted by atomic mass is 16.6. The summed E-state index contributed by atoms with van der Waals surface area (Å²) in [7, 11) is 0. The van der Waals surface area contributed by atoms with E-state index in [-0.39, 0.29) is 6.54 Å². The molecule has 0 radical (unpaired) electrons. The van der Waals surface area contributed by atoms with E-state index < -0.39 is 27.4 Å². The van der Waals surface area contributed by atoms with Gasteiger partial charge in [0.1, 0.15) is 0 Å². The average Bonchev–Trinajstić information content (AvgIpc) is 2.20. The molecule has 0 bridgehead atoms. The van der Waals surface area contributed by atoms with Crippen molar-refractivity contribution in [3.8, 4) is 0 Å². The first-order valence-corrected chi connectivity index (χ1v) is 4.82. The second-order valence-corrected chi connectivity index (χ2v) is 4.31. The molecule has 1 heterocycles. The predicted octanol–water partition coefficient (Wildman–Crippen LogP) is 0.867. The standard InChI is InChI=1S/C10H12N2O5/c1-10(2,9(14)15)6-11-4-3-8(13)7(5-11)12(16)17/h3-5H,6H2,1-2H3,(H,14,15). The van der Waals surface area contributed by atoms with Crippen molar-refractivity contribution in [1.82, 2.24) is 4.57 Å². The quantitative estimate of drug-likeness (QED) is 0.621. The van der Waals surface area contributed by atoms with Crippen LogP contribution in [0.25, 0.3) is 0 Å². The molecule has 0 aliphatic heterocycles. The Morgan fingerprint density at radius 1 is 1.59 bits per heavy atom. The number of nitrogens with zero attached hydrogens (tertiary/aromatic N) is 2. The maximum absolute atomic E-state index is 11.1. The van der Waals surface area contributed by atoms with Gasteiger partial charge in [0, 0.05) is 18.8 Å². The summed E-state index contributed by atoms with van der Waals surface area (Å²) in [6.45, 7) is 3.04. The first-order chi connectivity index (χ1) is 7.74. The largest absolute Gasteiger partial charge is 0.481 e. The van der Waals surface area contributed by atoms with Crippen molar-refractivity contribution in [1.29, 1.82) is 0 Å². The monoisotopic (exact) mass is 240 g/mol. The Morgan fingerprint density at radius 2 is 2.18 bits per heavy atom. The van der Waals surface area contributed by atoms with Crippen molar-refractivity contribution >= 4 is 11.7 Å². The van der Waals surface area contributed by atoms with E-state index in [0.717, 1.165) is 12.3 Å². The van der Waals surface area contributed by atoms with E-state index in [0.29, 0.717) is 0 Å². The second-order valence-electron chi connectivity index (χ2n) is 4.31. The van der Waals surface area contributed by atoms with E-state index in [4.69, 9.17) is 5.11 Å². The molecular formula is C10H12N2O5. The maximum Gasteiger partial charge on any atom is 0.332 e. The number of hydrogen-bond donors (Lipinski definition) is 1. The van der Waals surface area contributed by atoms with Gasteiger partial charge in [-0.2, -0.15) is 0 Å². The van der Waals surface area contributed by atoms with Crippen LogP contribution in [0.15, 0.2) is 23.3 Å². The Morgan fingerprint density at radius 3 is 2.65 bits per heavy atom. The predicted molar refractivity (Wildman–Crippen MR) is 58.8 cm³/mol. The van der Waals surface area contributed by atoms with Gasteiger partial charge in [0.05, 0.1) is 16.5 Å². The van der Waals surface area contributed by atoms with Crippen LogP contribution in [-0.4, -0.2) is 20.6 Å². The molecule has 0 unspecified atom stereocenters. The van der Waals surface area contributed by atoms with Gasteiger partial charge in [0.15, 0.2) is 0 Å². The molecule has 0 amide bonds. The molecule has 1 aromatic rings. The molecule has 0 saturated heterocycles. The zero-order valence-electron chi connectivity index (χ0n) is 9.41. The number of pyridine rings is 1. The smallest absolute Gasteiger partial charge is 0.332 e. The molecule has 0 aliphatic carbocycles. The molecule has 0 aliphatic rings. The van der Waals surface area contributed by atoms with Crippen molar-refractivity contribution < 1.29 is 14.8 Å². The van der Waals surface area contributed by atoms with Gasteiger partial charge >= 0.3 is 11.7 Å². The van der Waals surface area contributed by atoms with E-state index in [1.807, 2.05) is 0 Å². The van der Waals surface area contributed by atoms with E-state index in [2.05, 4.69) is 0 Å². The molecule has 7 nitrogen and oxygen atoms in total. The van der Waals surface area contributed by atoms with Gasteiger partial charge in [-0.3, -0.25) is 19.7 Å². The molecule has 0 spiro atoms. The van der Waals surface area contributed by atoms with Gasteiger partial charge in [-0.1, -0.05) is 0 Å². The normalized spacial score (nSPS) is 11.2. The lowest BCUT2D eigenvalue weighted by Crippen LogP contribution is -2.29. The topological polar surface area (TPSA) is 102 Å². The van der Waals surface area contributed by atoms with Crippen LogP contribution >= 0.6 is 0 Å². The Kier molecular flexibility index (Phi) is 3.31. The molecule has 0 fully saturated rings. The Hall–Kier alpha value is -2.18. The highest BCUT2D eigenvalue weighted by molar-refractivity contribution is 5.73. The Balaban J connectivity index is 3.10. The summed E-state index contributed by atoms with van der Waals surface area (Å²) in [5.41, 5.74) is -2.32. The number of rotatable bonds is 4. The first-order valence-electron chi connectivity index (χ1n) is 4.82. The van der Waals surface area contributed by atoms with Crippen LogP contribution in [0.3, 0.4) is 0 Å². The first kappa shape index (κ1) is 12.9. The van der Waals surface area contributed by atoms with Crippen molar-refractivity contribution in [2.45, 2.75) is 20.4 Å². The van der Waals surface area contributed by atoms with Crippen LogP contribution in [0.1, 0.15) is 13.8 Å². The molecule has 1 rings (SSSR count). The van der Waals surface area contributed by atoms with Gasteiger partial charge in [0.25, 0.3) is 5.43 Å². The molecule has 92 valence electrons. The van der Waals surface area contributed by atoms with E-state index in [1.54, 1.807) is 0 Å². The minimum Gasteiger partial charge on any atom is -0.481 e. The number of aliphatic carboxylic acids is 1. The fourth-order valence-electron chi connectivity index (χ4n) is 1.27. The average molecular weight is 240 g/mol. The van der Waals surface area contributed by atoms with Crippen molar-refractivity contribution in [3.63, 3.8) is 0 Å². The van der Waals surface area contributed by atoms with Gasteiger partial charge in [-0.05, 0) is 13.8 Å². The summed E-state index contributed by atoms with van der Waals surface area (Å²) < 4.78 is 1.33. The van der Waals surface area contributed by atoms with Crippen LogP contribution in [0, 0.1) is 15.5 Å². The molecule has 17 heavy (non-hydrogen) atoms. The molecule has 7 heteroatoms. The zero-order chi connectivity index (χ0) is 13.2. The molecule has 0 aromatic carbocycles. The van der Waals surface area contributed by atoms with Crippen LogP contribution in [0.4, 0.5) is 5.69 Å². The van der Waals surface area contributed by atoms with Crippen molar-refractivity contribution in [3.05, 3.63) is 38.8 Å². The number of carboxylic acids is 1. The summed E-state index contributed by atoms with van der Waals surface area (Å²) >= 11 is 0. The minimum atomic E-state index is -1.07. The van der Waals surface area contributed by atoms with Gasteiger partial charge in [-0.25, -0.2) is 0 Å². The third kappa shape index (κ3) is 2.90. The number of aromatic nitrogens is 1. The number of carbonyl (C=O) groups is 1. The SMILES string of the molecule is CC(C)(Cn1ccc(=O)c([N+](=O)[O-])c1)C(=O)O. The molecule has 0 saturated carbocycles. The third-order valence-corrected chi connectivity index (χ3v) is 2.31. The van der Waals surface area contributed by atoms with Crippen LogP contribution in [-0.2, 0) is 11.3 Å². The number of nitro groups is 1. The fraction of sp³-hybridized carbons (Fsp3) is 0.400. The molecule has 1 N–H and O–H groups in total. The maximum atomic E-state index is 11.1. The van der Waals surface area contributed by atoms with Crippen molar-refractivity contribution in [2.24, 2.45) is 5.41 Å². The van der Waals surface area contributed by atoms with E-state index >= 15 is 0 Å². The van der Waals surface area contributed by atoms with Gasteiger partial charge < -0.3 is 9.67 Å². The lowest BCUT2D eigenvalue weighted by molar-refractivity contribution is -0.386. The molecular weight excluding hydrogens is 228 g/mol. The summed E-state index contributed by atoms with van der Waals surface area (Å²) in [6.07, 6.45) is 2.38. The summed E-state index contributed by atoms with van der Waals surface area (Å²) in [6, 6.07) is 1.05. The summed E-state index contributed by atoms with van der Waals surface area (Å²) in [5, 5.41) is 19.5. The van der Waals surface area contributed by atoms with Crippen LogP contribution in [0.2, 0.25) is 0 Å². The van der Waals surface area contributed by atoms with Crippen LogP contribution < -0.4 is 5.43 Å². The second kappa shape index (κ2) is 4.36. The van der Waals surface area contributed by atoms with Crippen molar-refractivity contribution in [2.75, 3.05) is 0 Å². The van der Waals surface area contributed by atoms with E-state index in [1.165, 1.54) is 24.6 Å². The zero-order valence-corrected chi connectivity index (χ0v) is 9.41. The third-order valence-electron chi connectivity index (χ3n) is 2.31. The van der Waals surface area contributed by atoms with E-state index in [9.17, 15) is 19.7 Å². The summed E-state index contributed by atoms with van der Waals surface area (Å²) in [5.74, 6) is -1.01. The van der Waals surface area contributed by atoms with Gasteiger partial charge in [-0.15, -0.1) is 0 Å². The van der Waals surface area contributed by atoms with Gasteiger partial charge in [0.2, 0.25) is 0 Å². The molecule has 1 aromatic heterocycles. The Labute approximate surface area is 96.5 Å². The summed E-state index contributed by atoms with van der Waals surface area (Å²) in [4.78, 5) is 31.8. The highest BCUT2D eigenvalue weighted by Gasteiger charge is 2.28. The minimum absolute atomic E-state index is 0.0451. The lowest BCUT2D eigenvalue weighted by atomic mass is 9.94. The Bertz CT molecular complexity index is 518. The number of carboxylic acid groups (broad SMARTS) is 1. The number of hydrogen-bond acceptors (Lipinski definition) is 4. The van der Waals surface area contributed by atoms with Crippen LogP contribution in [0.5, 0.6) is 0 Å². The molecule has 0 atom stereocenters. The lowest BCUT2D eigenvalue weighted by Gasteiger charge is -2.20. The fourth-order valence-corrected chi connectivity index (χ4v) is 1.27.